The number of likely N-dealkylation sites (tertiary alicyclic amines) is 1. The van der Waals surface area contributed by atoms with Crippen LogP contribution < -0.4 is 4.90 Å². The van der Waals surface area contributed by atoms with E-state index in [-0.39, 0.29) is 18.5 Å². The molecule has 0 unspecified atom stereocenters. The number of carbonyl (C=O) groups excluding carboxylic acids is 1. The topological polar surface area (TPSA) is 80.0 Å². The molecule has 1 amide bonds. The molecule has 26 heavy (non-hydrogen) atoms. The Labute approximate surface area is 151 Å². The molecule has 1 aliphatic heterocycles. The number of hydrogen-bond acceptors (Lipinski definition) is 6. The average molecular weight is 351 g/mol. The zero-order valence-electron chi connectivity index (χ0n) is 14.9. The molecule has 0 radical (unpaired) electrons. The molecular weight excluding hydrogens is 330 g/mol. The summed E-state index contributed by atoms with van der Waals surface area (Å²) in [6.07, 6.45) is 5.33. The van der Waals surface area contributed by atoms with Crippen LogP contribution in [0.2, 0.25) is 0 Å². The standard InChI is InChI=1S/C18H21N7O/c1-23(2)17-11-19-10-15(20-17)16-8-5-9-24(16)18(26)12-25-21-13-6-3-4-7-14(13)22-25/h3-4,6-7,10-11,16H,5,8-9,12H2,1-2H3/t16-/m1/s1. The van der Waals surface area contributed by atoms with E-state index in [1.165, 1.54) is 4.80 Å². The van der Waals surface area contributed by atoms with Crippen LogP contribution in [0.5, 0.6) is 0 Å². The maximum Gasteiger partial charge on any atom is 0.246 e. The van der Waals surface area contributed by atoms with E-state index in [0.29, 0.717) is 0 Å². The lowest BCUT2D eigenvalue weighted by atomic mass is 10.1. The summed E-state index contributed by atoms with van der Waals surface area (Å²) in [6, 6.07) is 7.57. The summed E-state index contributed by atoms with van der Waals surface area (Å²) < 4.78 is 0. The molecule has 1 saturated heterocycles. The maximum atomic E-state index is 12.9. The Bertz CT molecular complexity index is 903. The van der Waals surface area contributed by atoms with Crippen LogP contribution in [0.15, 0.2) is 36.7 Å². The molecule has 0 bridgehead atoms. The van der Waals surface area contributed by atoms with Crippen LogP contribution >= 0.6 is 0 Å². The second-order valence-corrected chi connectivity index (χ2v) is 6.66. The summed E-state index contributed by atoms with van der Waals surface area (Å²) in [5, 5.41) is 8.77. The molecule has 1 atom stereocenters. The van der Waals surface area contributed by atoms with Gasteiger partial charge in [-0.2, -0.15) is 15.0 Å². The Morgan fingerprint density at radius 2 is 1.92 bits per heavy atom. The predicted molar refractivity (Wildman–Crippen MR) is 97.6 cm³/mol. The zero-order chi connectivity index (χ0) is 18.1. The van der Waals surface area contributed by atoms with Gasteiger partial charge in [-0.1, -0.05) is 12.1 Å². The fourth-order valence-corrected chi connectivity index (χ4v) is 3.31. The highest BCUT2D eigenvalue weighted by atomic mass is 16.2. The number of carbonyl (C=O) groups is 1. The molecule has 0 spiro atoms. The van der Waals surface area contributed by atoms with E-state index in [0.717, 1.165) is 41.9 Å². The maximum absolute atomic E-state index is 12.9. The predicted octanol–water partition coefficient (Wildman–Crippen LogP) is 1.65. The number of fused-ring (bicyclic) bond motifs is 1. The van der Waals surface area contributed by atoms with Gasteiger partial charge < -0.3 is 9.80 Å². The molecule has 3 aromatic rings. The molecule has 2 aromatic heterocycles. The molecule has 0 N–H and O–H groups in total. The molecule has 1 aliphatic rings. The molecule has 0 aliphatic carbocycles. The van der Waals surface area contributed by atoms with Crippen LogP contribution in [0, 0.1) is 0 Å². The van der Waals surface area contributed by atoms with Gasteiger partial charge in [-0.05, 0) is 25.0 Å². The molecule has 1 aromatic carbocycles. The molecular formula is C18H21N7O. The summed E-state index contributed by atoms with van der Waals surface area (Å²) >= 11 is 0. The van der Waals surface area contributed by atoms with Gasteiger partial charge in [0.1, 0.15) is 23.4 Å². The first-order valence-corrected chi connectivity index (χ1v) is 8.70. The average Bonchev–Trinajstić information content (AvgIpc) is 3.28. The van der Waals surface area contributed by atoms with E-state index in [2.05, 4.69) is 20.2 Å². The fraction of sp³-hybridized carbons (Fsp3) is 0.389. The second kappa shape index (κ2) is 6.70. The third kappa shape index (κ3) is 3.10. The minimum Gasteiger partial charge on any atom is -0.361 e. The fourth-order valence-electron chi connectivity index (χ4n) is 3.31. The molecule has 4 rings (SSSR count). The summed E-state index contributed by atoms with van der Waals surface area (Å²) in [5.41, 5.74) is 2.42. The first-order valence-electron chi connectivity index (χ1n) is 8.70. The van der Waals surface area contributed by atoms with E-state index >= 15 is 0 Å². The van der Waals surface area contributed by atoms with Crippen molar-refractivity contribution in [2.24, 2.45) is 0 Å². The highest BCUT2D eigenvalue weighted by molar-refractivity contribution is 5.78. The van der Waals surface area contributed by atoms with E-state index in [9.17, 15) is 4.79 Å². The first-order chi connectivity index (χ1) is 12.6. The van der Waals surface area contributed by atoms with E-state index in [4.69, 9.17) is 0 Å². The molecule has 1 fully saturated rings. The van der Waals surface area contributed by atoms with Gasteiger partial charge >= 0.3 is 0 Å². The van der Waals surface area contributed by atoms with Crippen LogP contribution in [0.4, 0.5) is 5.82 Å². The third-order valence-corrected chi connectivity index (χ3v) is 4.62. The van der Waals surface area contributed by atoms with Crippen LogP contribution in [0.3, 0.4) is 0 Å². The smallest absolute Gasteiger partial charge is 0.246 e. The Kier molecular flexibility index (Phi) is 4.24. The van der Waals surface area contributed by atoms with Gasteiger partial charge in [-0.15, -0.1) is 0 Å². The van der Waals surface area contributed by atoms with Crippen molar-refractivity contribution in [3.63, 3.8) is 0 Å². The van der Waals surface area contributed by atoms with E-state index < -0.39 is 0 Å². The normalized spacial score (nSPS) is 17.0. The van der Waals surface area contributed by atoms with Gasteiger partial charge in [0.25, 0.3) is 0 Å². The van der Waals surface area contributed by atoms with Crippen molar-refractivity contribution in [3.8, 4) is 0 Å². The number of anilines is 1. The quantitative estimate of drug-likeness (QED) is 0.711. The monoisotopic (exact) mass is 351 g/mol. The van der Waals surface area contributed by atoms with Crippen molar-refractivity contribution >= 4 is 22.8 Å². The lowest BCUT2D eigenvalue weighted by Crippen LogP contribution is -2.34. The lowest BCUT2D eigenvalue weighted by molar-refractivity contribution is -0.133. The second-order valence-electron chi connectivity index (χ2n) is 6.66. The number of benzene rings is 1. The van der Waals surface area contributed by atoms with Gasteiger partial charge in [-0.3, -0.25) is 9.78 Å². The van der Waals surface area contributed by atoms with Crippen molar-refractivity contribution in [3.05, 3.63) is 42.4 Å². The molecule has 134 valence electrons. The van der Waals surface area contributed by atoms with E-state index in [1.54, 1.807) is 12.4 Å². The summed E-state index contributed by atoms with van der Waals surface area (Å²) in [5.74, 6) is 0.798. The lowest BCUT2D eigenvalue weighted by Gasteiger charge is -2.24. The summed E-state index contributed by atoms with van der Waals surface area (Å²) in [4.78, 5) is 27.1. The van der Waals surface area contributed by atoms with Crippen LogP contribution in [0.25, 0.3) is 11.0 Å². The van der Waals surface area contributed by atoms with Gasteiger partial charge in [0, 0.05) is 20.6 Å². The van der Waals surface area contributed by atoms with Crippen molar-refractivity contribution in [1.82, 2.24) is 29.9 Å². The number of amides is 1. The number of rotatable bonds is 4. The van der Waals surface area contributed by atoms with Gasteiger partial charge in [0.05, 0.1) is 24.1 Å². The Morgan fingerprint density at radius 1 is 1.19 bits per heavy atom. The first kappa shape index (κ1) is 16.4. The van der Waals surface area contributed by atoms with Crippen molar-refractivity contribution in [2.45, 2.75) is 25.4 Å². The number of aromatic nitrogens is 5. The zero-order valence-corrected chi connectivity index (χ0v) is 14.9. The molecule has 8 heteroatoms. The Hall–Kier alpha value is -3.03. The van der Waals surface area contributed by atoms with Crippen LogP contribution in [-0.2, 0) is 11.3 Å². The summed E-state index contributed by atoms with van der Waals surface area (Å²) in [6.45, 7) is 0.851. The highest BCUT2D eigenvalue weighted by Gasteiger charge is 2.31. The van der Waals surface area contributed by atoms with Gasteiger partial charge in [0.15, 0.2) is 0 Å². The Balaban J connectivity index is 1.54. The third-order valence-electron chi connectivity index (χ3n) is 4.62. The minimum atomic E-state index is -0.0418. The largest absolute Gasteiger partial charge is 0.361 e. The molecule has 3 heterocycles. The molecule has 8 nitrogen and oxygen atoms in total. The van der Waals surface area contributed by atoms with E-state index in [1.807, 2.05) is 48.2 Å². The van der Waals surface area contributed by atoms with Crippen molar-refractivity contribution < 1.29 is 4.79 Å². The van der Waals surface area contributed by atoms with Gasteiger partial charge in [0.2, 0.25) is 5.91 Å². The Morgan fingerprint density at radius 3 is 2.62 bits per heavy atom. The van der Waals surface area contributed by atoms with Gasteiger partial charge in [-0.25, -0.2) is 4.98 Å². The van der Waals surface area contributed by atoms with Crippen molar-refractivity contribution in [2.75, 3.05) is 25.5 Å². The molecule has 0 saturated carbocycles. The van der Waals surface area contributed by atoms with Crippen LogP contribution in [0.1, 0.15) is 24.6 Å². The summed E-state index contributed by atoms with van der Waals surface area (Å²) in [7, 11) is 3.86. The number of nitrogens with zero attached hydrogens (tertiary/aromatic N) is 7. The SMILES string of the molecule is CN(C)c1cncc([C@H]2CCCN2C(=O)Cn2nc3ccccc3n2)n1. The van der Waals surface area contributed by atoms with Crippen molar-refractivity contribution in [1.29, 1.82) is 0 Å². The minimum absolute atomic E-state index is 0.00450. The van der Waals surface area contributed by atoms with Crippen LogP contribution in [-0.4, -0.2) is 56.4 Å². The number of hydrogen-bond donors (Lipinski definition) is 0. The highest BCUT2D eigenvalue weighted by Crippen LogP contribution is 2.31.